The molecule has 66 valence electrons. The monoisotopic (exact) mass is 238 g/mol. The highest BCUT2D eigenvalue weighted by molar-refractivity contribution is 9.10. The maximum absolute atomic E-state index is 10.7. The molecule has 0 aliphatic heterocycles. The van der Waals surface area contributed by atoms with Crippen molar-refractivity contribution < 1.29 is 4.79 Å². The van der Waals surface area contributed by atoms with Crippen LogP contribution in [0.4, 0.5) is 0 Å². The van der Waals surface area contributed by atoms with Crippen LogP contribution in [0.3, 0.4) is 0 Å². The molecule has 0 unspecified atom stereocenters. The van der Waals surface area contributed by atoms with E-state index in [0.717, 1.165) is 27.4 Å². The molecule has 1 aromatic carbocycles. The summed E-state index contributed by atoms with van der Waals surface area (Å²) < 4.78 is 0.895. The SMILES string of the molecule is Cc1[nH]nc2c(C=O)cc(Br)cc12. The summed E-state index contributed by atoms with van der Waals surface area (Å²) in [5.74, 6) is 0. The Kier molecular flexibility index (Phi) is 1.92. The van der Waals surface area contributed by atoms with E-state index < -0.39 is 0 Å². The van der Waals surface area contributed by atoms with Crippen LogP contribution in [0.5, 0.6) is 0 Å². The number of hydrogen-bond acceptors (Lipinski definition) is 2. The molecule has 1 aromatic heterocycles. The molecule has 1 N–H and O–H groups in total. The van der Waals surface area contributed by atoms with E-state index >= 15 is 0 Å². The van der Waals surface area contributed by atoms with Crippen molar-refractivity contribution in [3.63, 3.8) is 0 Å². The third kappa shape index (κ3) is 1.27. The van der Waals surface area contributed by atoms with Gasteiger partial charge in [0.05, 0.1) is 0 Å². The fraction of sp³-hybridized carbons (Fsp3) is 0.111. The van der Waals surface area contributed by atoms with Crippen molar-refractivity contribution >= 4 is 33.1 Å². The number of aldehydes is 1. The van der Waals surface area contributed by atoms with E-state index in [4.69, 9.17) is 0 Å². The smallest absolute Gasteiger partial charge is 0.152 e. The number of fused-ring (bicyclic) bond motifs is 1. The predicted octanol–water partition coefficient (Wildman–Crippen LogP) is 2.45. The predicted molar refractivity (Wildman–Crippen MR) is 53.9 cm³/mol. The summed E-state index contributed by atoms with van der Waals surface area (Å²) in [6.07, 6.45) is 0.813. The Morgan fingerprint density at radius 1 is 1.54 bits per heavy atom. The number of aryl methyl sites for hydroxylation is 1. The number of aromatic nitrogens is 2. The maximum Gasteiger partial charge on any atom is 0.152 e. The first kappa shape index (κ1) is 8.44. The van der Waals surface area contributed by atoms with Crippen LogP contribution in [-0.2, 0) is 0 Å². The molecule has 0 radical (unpaired) electrons. The van der Waals surface area contributed by atoms with Gasteiger partial charge in [-0.1, -0.05) is 15.9 Å². The lowest BCUT2D eigenvalue weighted by Crippen LogP contribution is -1.82. The van der Waals surface area contributed by atoms with Crippen molar-refractivity contribution in [1.29, 1.82) is 0 Å². The number of aromatic amines is 1. The molecule has 2 rings (SSSR count). The molecule has 0 saturated carbocycles. The van der Waals surface area contributed by atoms with Crippen molar-refractivity contribution in [3.05, 3.63) is 27.9 Å². The Balaban J connectivity index is 2.91. The van der Waals surface area contributed by atoms with E-state index in [1.165, 1.54) is 0 Å². The topological polar surface area (TPSA) is 45.8 Å². The van der Waals surface area contributed by atoms with Crippen LogP contribution < -0.4 is 0 Å². The van der Waals surface area contributed by atoms with Gasteiger partial charge in [0, 0.05) is 21.1 Å². The maximum atomic E-state index is 10.7. The van der Waals surface area contributed by atoms with Gasteiger partial charge < -0.3 is 0 Å². The lowest BCUT2D eigenvalue weighted by molar-refractivity contribution is 0.112. The summed E-state index contributed by atoms with van der Waals surface area (Å²) in [6, 6.07) is 3.71. The van der Waals surface area contributed by atoms with Crippen molar-refractivity contribution in [1.82, 2.24) is 10.2 Å². The van der Waals surface area contributed by atoms with Gasteiger partial charge in [0.25, 0.3) is 0 Å². The highest BCUT2D eigenvalue weighted by atomic mass is 79.9. The van der Waals surface area contributed by atoms with E-state index in [0.29, 0.717) is 5.56 Å². The zero-order valence-corrected chi connectivity index (χ0v) is 8.55. The lowest BCUT2D eigenvalue weighted by Gasteiger charge is -1.95. The van der Waals surface area contributed by atoms with Gasteiger partial charge in [-0.3, -0.25) is 9.89 Å². The third-order valence-electron chi connectivity index (χ3n) is 1.97. The fourth-order valence-corrected chi connectivity index (χ4v) is 1.80. The van der Waals surface area contributed by atoms with Gasteiger partial charge in [0.2, 0.25) is 0 Å². The minimum absolute atomic E-state index is 0.605. The summed E-state index contributed by atoms with van der Waals surface area (Å²) in [6.45, 7) is 1.93. The zero-order valence-electron chi connectivity index (χ0n) is 6.97. The molecule has 4 heteroatoms. The van der Waals surface area contributed by atoms with Gasteiger partial charge in [0.1, 0.15) is 5.52 Å². The van der Waals surface area contributed by atoms with Crippen LogP contribution in [-0.4, -0.2) is 16.5 Å². The molecule has 0 bridgehead atoms. The first-order valence-corrected chi connectivity index (χ1v) is 4.61. The molecular weight excluding hydrogens is 232 g/mol. The van der Waals surface area contributed by atoms with E-state index in [9.17, 15) is 4.79 Å². The molecule has 3 nitrogen and oxygen atoms in total. The molecule has 0 aliphatic rings. The second-order valence-electron chi connectivity index (χ2n) is 2.86. The van der Waals surface area contributed by atoms with Crippen LogP contribution in [0.15, 0.2) is 16.6 Å². The van der Waals surface area contributed by atoms with E-state index in [1.54, 1.807) is 6.07 Å². The van der Waals surface area contributed by atoms with Crippen molar-refractivity contribution in [2.75, 3.05) is 0 Å². The van der Waals surface area contributed by atoms with Gasteiger partial charge in [0.15, 0.2) is 6.29 Å². The summed E-state index contributed by atoms with van der Waals surface area (Å²) in [7, 11) is 0. The van der Waals surface area contributed by atoms with E-state index in [1.807, 2.05) is 13.0 Å². The number of rotatable bonds is 1. The summed E-state index contributed by atoms with van der Waals surface area (Å²) in [5.41, 5.74) is 2.31. The Morgan fingerprint density at radius 2 is 2.31 bits per heavy atom. The van der Waals surface area contributed by atoms with Gasteiger partial charge in [-0.05, 0) is 19.1 Å². The molecule has 0 fully saturated rings. The minimum Gasteiger partial charge on any atom is -0.298 e. The second kappa shape index (κ2) is 2.96. The highest BCUT2D eigenvalue weighted by Crippen LogP contribution is 2.23. The van der Waals surface area contributed by atoms with Gasteiger partial charge >= 0.3 is 0 Å². The summed E-state index contributed by atoms with van der Waals surface area (Å²) in [5, 5.41) is 7.88. The molecule has 0 spiro atoms. The Hall–Kier alpha value is -1.16. The minimum atomic E-state index is 0.605. The van der Waals surface area contributed by atoms with Crippen molar-refractivity contribution in [2.45, 2.75) is 6.92 Å². The van der Waals surface area contributed by atoms with Gasteiger partial charge in [-0.2, -0.15) is 5.10 Å². The van der Waals surface area contributed by atoms with Gasteiger partial charge in [-0.15, -0.1) is 0 Å². The molecule has 0 saturated heterocycles. The quantitative estimate of drug-likeness (QED) is 0.777. The number of carbonyl (C=O) groups excluding carboxylic acids is 1. The van der Waals surface area contributed by atoms with E-state index in [2.05, 4.69) is 26.1 Å². The summed E-state index contributed by atoms with van der Waals surface area (Å²) in [4.78, 5) is 10.7. The second-order valence-corrected chi connectivity index (χ2v) is 3.77. The van der Waals surface area contributed by atoms with Crippen LogP contribution >= 0.6 is 15.9 Å². The fourth-order valence-electron chi connectivity index (χ4n) is 1.32. The molecule has 0 amide bonds. The normalized spacial score (nSPS) is 10.6. The number of nitrogens with zero attached hydrogens (tertiary/aromatic N) is 1. The highest BCUT2D eigenvalue weighted by Gasteiger charge is 2.07. The lowest BCUT2D eigenvalue weighted by atomic mass is 10.1. The first-order chi connectivity index (χ1) is 6.22. The standard InChI is InChI=1S/C9H7BrN2O/c1-5-8-3-7(10)2-6(4-13)9(8)12-11-5/h2-4H,1H3,(H,11,12). The number of benzene rings is 1. The average molecular weight is 239 g/mol. The molecule has 0 aliphatic carbocycles. The number of hydrogen-bond donors (Lipinski definition) is 1. The molecule has 0 atom stereocenters. The Morgan fingerprint density at radius 3 is 3.00 bits per heavy atom. The third-order valence-corrected chi connectivity index (χ3v) is 2.43. The Labute approximate surface area is 83.3 Å². The average Bonchev–Trinajstić information content (AvgIpc) is 2.47. The molecule has 2 aromatic rings. The number of halogens is 1. The van der Waals surface area contributed by atoms with E-state index in [-0.39, 0.29) is 0 Å². The molecular formula is C9H7BrN2O. The largest absolute Gasteiger partial charge is 0.298 e. The molecule has 1 heterocycles. The first-order valence-electron chi connectivity index (χ1n) is 3.82. The Bertz CT molecular complexity index is 476. The van der Waals surface area contributed by atoms with Crippen LogP contribution in [0.2, 0.25) is 0 Å². The summed E-state index contributed by atoms with van der Waals surface area (Å²) >= 11 is 3.34. The van der Waals surface area contributed by atoms with Crippen LogP contribution in [0.25, 0.3) is 10.9 Å². The zero-order chi connectivity index (χ0) is 9.42. The number of H-pyrrole nitrogens is 1. The van der Waals surface area contributed by atoms with Crippen LogP contribution in [0.1, 0.15) is 16.1 Å². The number of carbonyl (C=O) groups is 1. The van der Waals surface area contributed by atoms with Gasteiger partial charge in [-0.25, -0.2) is 0 Å². The number of nitrogens with one attached hydrogen (secondary N) is 1. The van der Waals surface area contributed by atoms with Crippen LogP contribution in [0, 0.1) is 6.92 Å². The van der Waals surface area contributed by atoms with Crippen molar-refractivity contribution in [3.8, 4) is 0 Å². The van der Waals surface area contributed by atoms with Crippen molar-refractivity contribution in [2.24, 2.45) is 0 Å². The molecule has 13 heavy (non-hydrogen) atoms.